The number of amides is 1. The smallest absolute Gasteiger partial charge is 0.285 e. The first-order chi connectivity index (χ1) is 17.0. The van der Waals surface area contributed by atoms with Gasteiger partial charge in [0.1, 0.15) is 10.6 Å². The third-order valence-electron chi connectivity index (χ3n) is 7.23. The van der Waals surface area contributed by atoms with Gasteiger partial charge in [-0.1, -0.05) is 24.3 Å². The second-order valence-corrected chi connectivity index (χ2v) is 11.0. The van der Waals surface area contributed by atoms with Crippen LogP contribution in [0.25, 0.3) is 0 Å². The molecule has 2 atom stereocenters. The van der Waals surface area contributed by atoms with Crippen LogP contribution in [0, 0.1) is 5.92 Å². The number of nitrogens with zero attached hydrogens (tertiary/aromatic N) is 3. The summed E-state index contributed by atoms with van der Waals surface area (Å²) in [4.78, 5) is 17.9. The van der Waals surface area contributed by atoms with Gasteiger partial charge in [-0.2, -0.15) is 8.42 Å². The van der Waals surface area contributed by atoms with E-state index < -0.39 is 10.0 Å². The Morgan fingerprint density at radius 1 is 1.11 bits per heavy atom. The molecule has 2 aromatic carbocycles. The first kappa shape index (κ1) is 23.8. The van der Waals surface area contributed by atoms with Crippen LogP contribution >= 0.6 is 0 Å². The summed E-state index contributed by atoms with van der Waals surface area (Å²) in [5.74, 6) is 1.07. The molecule has 186 valence electrons. The molecule has 3 aliphatic rings. The van der Waals surface area contributed by atoms with Crippen LogP contribution in [0.5, 0.6) is 5.75 Å². The van der Waals surface area contributed by atoms with E-state index in [9.17, 15) is 13.2 Å². The van der Waals surface area contributed by atoms with Crippen LogP contribution in [0.4, 0.5) is 0 Å². The van der Waals surface area contributed by atoms with Crippen molar-refractivity contribution < 1.29 is 17.9 Å². The van der Waals surface area contributed by atoms with E-state index in [1.807, 2.05) is 29.2 Å². The van der Waals surface area contributed by atoms with Crippen LogP contribution in [0.2, 0.25) is 0 Å². The van der Waals surface area contributed by atoms with Gasteiger partial charge in [-0.25, -0.2) is 0 Å². The fraction of sp³-hybridized carbons (Fsp3) is 0.462. The molecule has 1 N–H and O–H groups in total. The number of ether oxygens (including phenoxy) is 1. The third kappa shape index (κ3) is 4.92. The minimum atomic E-state index is -3.68. The van der Waals surface area contributed by atoms with Crippen molar-refractivity contribution in [3.05, 3.63) is 59.7 Å². The van der Waals surface area contributed by atoms with Gasteiger partial charge in [0.25, 0.3) is 10.0 Å². The zero-order chi connectivity index (χ0) is 24.4. The van der Waals surface area contributed by atoms with Gasteiger partial charge < -0.3 is 15.0 Å². The zero-order valence-electron chi connectivity index (χ0n) is 20.0. The minimum Gasteiger partial charge on any atom is -0.497 e. The maximum absolute atomic E-state index is 13.3. The molecule has 0 aliphatic carbocycles. The Kier molecular flexibility index (Phi) is 6.80. The highest BCUT2D eigenvalue weighted by Crippen LogP contribution is 2.30. The fourth-order valence-electron chi connectivity index (χ4n) is 5.40. The lowest BCUT2D eigenvalue weighted by Crippen LogP contribution is -2.47. The first-order valence-electron chi connectivity index (χ1n) is 12.3. The van der Waals surface area contributed by atoms with Gasteiger partial charge in [0.05, 0.1) is 19.1 Å². The standard InChI is InChI=1S/C26H32N4O4S/c1-34-21-10-6-8-19(16-21)23(29-13-4-5-14-29)17-27-26(31)20-9-7-15-30(18-20)25-22-11-2-3-12-24(22)35(32,33)28-25/h2-3,6,8,10-12,16,20,23H,4-5,7,9,13-15,17-18H2,1H3,(H,27,31)/t20-,23-/m0/s1. The molecule has 3 heterocycles. The predicted octanol–water partition coefficient (Wildman–Crippen LogP) is 2.81. The Balaban J connectivity index is 1.28. The van der Waals surface area contributed by atoms with Crippen molar-refractivity contribution in [3.63, 3.8) is 0 Å². The van der Waals surface area contributed by atoms with E-state index in [1.54, 1.807) is 25.3 Å². The molecule has 2 fully saturated rings. The number of carbonyl (C=O) groups excluding carboxylic acids is 1. The van der Waals surface area contributed by atoms with E-state index in [0.29, 0.717) is 31.0 Å². The summed E-state index contributed by atoms with van der Waals surface area (Å²) in [6.07, 6.45) is 3.92. The number of carbonyl (C=O) groups is 1. The van der Waals surface area contributed by atoms with Crippen molar-refractivity contribution in [2.24, 2.45) is 10.3 Å². The molecule has 0 aromatic heterocycles. The number of amidine groups is 1. The van der Waals surface area contributed by atoms with Crippen LogP contribution in [-0.2, 0) is 14.8 Å². The lowest BCUT2D eigenvalue weighted by molar-refractivity contribution is -0.126. The summed E-state index contributed by atoms with van der Waals surface area (Å²) >= 11 is 0. The number of methoxy groups -OCH3 is 1. The lowest BCUT2D eigenvalue weighted by atomic mass is 9.96. The molecule has 35 heavy (non-hydrogen) atoms. The summed E-state index contributed by atoms with van der Waals surface area (Å²) in [6.45, 7) is 3.71. The van der Waals surface area contributed by atoms with E-state index in [0.717, 1.165) is 37.2 Å². The van der Waals surface area contributed by atoms with Crippen LogP contribution < -0.4 is 10.1 Å². The van der Waals surface area contributed by atoms with Crippen LogP contribution in [0.15, 0.2) is 57.8 Å². The van der Waals surface area contributed by atoms with E-state index in [1.165, 1.54) is 12.8 Å². The quantitative estimate of drug-likeness (QED) is 0.661. The summed E-state index contributed by atoms with van der Waals surface area (Å²) in [7, 11) is -2.01. The Morgan fingerprint density at radius 3 is 2.71 bits per heavy atom. The number of rotatable bonds is 6. The molecule has 0 saturated carbocycles. The molecule has 2 aromatic rings. The summed E-state index contributed by atoms with van der Waals surface area (Å²) in [6, 6.07) is 15.1. The van der Waals surface area contributed by atoms with Gasteiger partial charge in [0.15, 0.2) is 5.84 Å². The van der Waals surface area contributed by atoms with Crippen molar-refractivity contribution in [1.82, 2.24) is 15.1 Å². The topological polar surface area (TPSA) is 91.3 Å². The summed E-state index contributed by atoms with van der Waals surface area (Å²) in [5.41, 5.74) is 1.76. The van der Waals surface area contributed by atoms with Gasteiger partial charge in [-0.05, 0) is 68.6 Å². The average Bonchev–Trinajstić information content (AvgIpc) is 3.51. The maximum Gasteiger partial charge on any atom is 0.285 e. The molecule has 8 nitrogen and oxygen atoms in total. The molecular formula is C26H32N4O4S. The summed E-state index contributed by atoms with van der Waals surface area (Å²) < 4.78 is 34.5. The van der Waals surface area contributed by atoms with Crippen LogP contribution in [0.1, 0.15) is 42.9 Å². The number of hydrogen-bond acceptors (Lipinski definition) is 6. The van der Waals surface area contributed by atoms with Crippen molar-refractivity contribution in [2.45, 2.75) is 36.6 Å². The van der Waals surface area contributed by atoms with Crippen molar-refractivity contribution >= 4 is 21.8 Å². The zero-order valence-corrected chi connectivity index (χ0v) is 20.8. The molecule has 3 aliphatic heterocycles. The molecule has 1 amide bonds. The van der Waals surface area contributed by atoms with E-state index >= 15 is 0 Å². The molecule has 0 unspecified atom stereocenters. The van der Waals surface area contributed by atoms with E-state index in [2.05, 4.69) is 20.7 Å². The molecule has 9 heteroatoms. The second-order valence-electron chi connectivity index (χ2n) is 9.45. The molecule has 5 rings (SSSR count). The largest absolute Gasteiger partial charge is 0.497 e. The Morgan fingerprint density at radius 2 is 1.91 bits per heavy atom. The number of fused-ring (bicyclic) bond motifs is 1. The number of piperidine rings is 1. The molecular weight excluding hydrogens is 464 g/mol. The number of likely N-dealkylation sites (tertiary alicyclic amines) is 2. The van der Waals surface area contributed by atoms with Crippen molar-refractivity contribution in [2.75, 3.05) is 39.8 Å². The Labute approximate surface area is 207 Å². The fourth-order valence-corrected chi connectivity index (χ4v) is 6.63. The average molecular weight is 497 g/mol. The van der Waals surface area contributed by atoms with Crippen LogP contribution in [0.3, 0.4) is 0 Å². The lowest BCUT2D eigenvalue weighted by Gasteiger charge is -2.34. The third-order valence-corrected chi connectivity index (χ3v) is 8.56. The number of nitrogens with one attached hydrogen (secondary N) is 1. The van der Waals surface area contributed by atoms with Gasteiger partial charge in [0.2, 0.25) is 5.91 Å². The first-order valence-corrected chi connectivity index (χ1v) is 13.8. The highest BCUT2D eigenvalue weighted by atomic mass is 32.2. The van der Waals surface area contributed by atoms with Gasteiger partial charge in [-0.15, -0.1) is 4.40 Å². The summed E-state index contributed by atoms with van der Waals surface area (Å²) in [5, 5.41) is 3.21. The predicted molar refractivity (Wildman–Crippen MR) is 134 cm³/mol. The van der Waals surface area contributed by atoms with Crippen LogP contribution in [-0.4, -0.2) is 69.8 Å². The SMILES string of the molecule is COc1cccc([C@H](CNC(=O)[C@H]2CCCN(C3=NS(=O)(=O)c4ccccc43)C2)N2CCCC2)c1. The Hall–Kier alpha value is -2.91. The number of benzene rings is 2. The Bertz CT molecular complexity index is 1220. The molecule has 2 saturated heterocycles. The normalized spacial score (nSPS) is 22.4. The molecule has 0 bridgehead atoms. The monoisotopic (exact) mass is 496 g/mol. The molecule has 0 spiro atoms. The number of hydrogen-bond donors (Lipinski definition) is 1. The van der Waals surface area contributed by atoms with Crippen molar-refractivity contribution in [3.8, 4) is 5.75 Å². The van der Waals surface area contributed by atoms with Gasteiger partial charge in [-0.3, -0.25) is 9.69 Å². The van der Waals surface area contributed by atoms with Gasteiger partial charge >= 0.3 is 0 Å². The highest BCUT2D eigenvalue weighted by molar-refractivity contribution is 7.90. The number of sulfonamides is 1. The minimum absolute atomic E-state index is 0.0107. The maximum atomic E-state index is 13.3. The second kappa shape index (κ2) is 9.99. The molecule has 0 radical (unpaired) electrons. The van der Waals surface area contributed by atoms with Crippen molar-refractivity contribution in [1.29, 1.82) is 0 Å². The van der Waals surface area contributed by atoms with E-state index in [-0.39, 0.29) is 22.8 Å². The van der Waals surface area contributed by atoms with Gasteiger partial charge in [0, 0.05) is 25.2 Å². The highest BCUT2D eigenvalue weighted by Gasteiger charge is 2.35. The van der Waals surface area contributed by atoms with E-state index in [4.69, 9.17) is 4.74 Å².